The molecule has 1 aliphatic carbocycles. The topological polar surface area (TPSA) is 94.8 Å². The van der Waals surface area contributed by atoms with Crippen molar-refractivity contribution in [3.05, 3.63) is 95.8 Å². The molecule has 1 aliphatic rings. The van der Waals surface area contributed by atoms with Gasteiger partial charge in [-0.1, -0.05) is 72.8 Å². The van der Waals surface area contributed by atoms with Crippen LogP contribution in [0.2, 0.25) is 0 Å². The number of carboxylic acid groups (broad SMARTS) is 1. The second kappa shape index (κ2) is 11.4. The number of carbonyl (C=O) groups excluding carboxylic acids is 1. The lowest BCUT2D eigenvalue weighted by Gasteiger charge is -2.21. The van der Waals surface area contributed by atoms with Gasteiger partial charge in [0.1, 0.15) is 5.78 Å². The molecule has 0 bridgehead atoms. The molecule has 0 aliphatic heterocycles. The molecule has 0 aromatic heterocycles. The van der Waals surface area contributed by atoms with Gasteiger partial charge >= 0.3 is 0 Å². The molecule has 0 heterocycles. The fourth-order valence-electron chi connectivity index (χ4n) is 4.38. The third kappa shape index (κ3) is 6.53. The van der Waals surface area contributed by atoms with Crippen molar-refractivity contribution in [1.29, 1.82) is 0 Å². The standard InChI is InChI=1S/C26H26O3.C2H4O2/c27-22(13-7-4-10-18-8-2-1-3-9-18)26-24(29)17-23(28)25(26)21-15-14-19-11-5-6-12-20(19)16-21;1-2(3)4/h1-3,5-6,8-9,11-16,24-27,29H,4,7,10,17H2;1H3,(H,3,4)/t24-,25-,26+;/m1./s1. The van der Waals surface area contributed by atoms with Gasteiger partial charge in [0.15, 0.2) is 0 Å². The van der Waals surface area contributed by atoms with Gasteiger partial charge < -0.3 is 15.3 Å². The van der Waals surface area contributed by atoms with E-state index in [0.717, 1.165) is 36.1 Å². The summed E-state index contributed by atoms with van der Waals surface area (Å²) in [7, 11) is 0. The van der Waals surface area contributed by atoms with E-state index in [1.807, 2.05) is 60.7 Å². The van der Waals surface area contributed by atoms with Crippen LogP contribution in [0.25, 0.3) is 10.8 Å². The van der Waals surface area contributed by atoms with Crippen LogP contribution in [0.4, 0.5) is 0 Å². The minimum absolute atomic E-state index is 0.0120. The van der Waals surface area contributed by atoms with Gasteiger partial charge in [-0.15, -0.1) is 0 Å². The summed E-state index contributed by atoms with van der Waals surface area (Å²) in [5, 5.41) is 30.8. The van der Waals surface area contributed by atoms with Crippen LogP contribution >= 0.6 is 0 Å². The largest absolute Gasteiger partial charge is 0.512 e. The van der Waals surface area contributed by atoms with Crippen molar-refractivity contribution in [2.75, 3.05) is 0 Å². The molecule has 0 unspecified atom stereocenters. The molecular formula is C28H30O5. The Morgan fingerprint density at radius 3 is 2.30 bits per heavy atom. The van der Waals surface area contributed by atoms with Crippen molar-refractivity contribution >= 4 is 22.5 Å². The number of ketones is 1. The highest BCUT2D eigenvalue weighted by atomic mass is 16.4. The SMILES string of the molecule is CC(=O)O.O=C1C[C@@H](O)[C@H](C(O)=CCCCc2ccccc2)[C@@H]1c1ccc2ccccc2c1. The molecule has 1 fully saturated rings. The molecule has 0 radical (unpaired) electrons. The average molecular weight is 447 g/mol. The van der Waals surface area contributed by atoms with Crippen LogP contribution < -0.4 is 0 Å². The van der Waals surface area contributed by atoms with Gasteiger partial charge in [0.25, 0.3) is 5.97 Å². The zero-order chi connectivity index (χ0) is 23.8. The maximum atomic E-state index is 12.7. The zero-order valence-corrected chi connectivity index (χ0v) is 18.7. The molecule has 172 valence electrons. The van der Waals surface area contributed by atoms with Gasteiger partial charge in [-0.05, 0) is 47.2 Å². The minimum Gasteiger partial charge on any atom is -0.512 e. The van der Waals surface area contributed by atoms with Crippen molar-refractivity contribution in [1.82, 2.24) is 0 Å². The average Bonchev–Trinajstić information content (AvgIpc) is 3.10. The summed E-state index contributed by atoms with van der Waals surface area (Å²) < 4.78 is 0. The first-order valence-electron chi connectivity index (χ1n) is 11.2. The second-order valence-corrected chi connectivity index (χ2v) is 8.37. The first kappa shape index (κ1) is 24.2. The van der Waals surface area contributed by atoms with E-state index < -0.39 is 23.9 Å². The maximum Gasteiger partial charge on any atom is 0.300 e. The Balaban J connectivity index is 0.000000709. The monoisotopic (exact) mass is 446 g/mol. The normalized spacial score (nSPS) is 20.4. The van der Waals surface area contributed by atoms with E-state index in [4.69, 9.17) is 9.90 Å². The maximum absolute atomic E-state index is 12.7. The number of hydrogen-bond donors (Lipinski definition) is 3. The Hall–Kier alpha value is -3.44. The van der Waals surface area contributed by atoms with Gasteiger partial charge in [0, 0.05) is 13.3 Å². The number of aliphatic carboxylic acids is 1. The summed E-state index contributed by atoms with van der Waals surface area (Å²) in [4.78, 5) is 21.7. The van der Waals surface area contributed by atoms with Crippen LogP contribution in [-0.4, -0.2) is 33.2 Å². The van der Waals surface area contributed by atoms with Crippen molar-refractivity contribution in [3.63, 3.8) is 0 Å². The lowest BCUT2D eigenvalue weighted by Crippen LogP contribution is -2.21. The third-order valence-electron chi connectivity index (χ3n) is 5.87. The number of aliphatic hydroxyl groups is 2. The van der Waals surface area contributed by atoms with Crippen molar-refractivity contribution in [3.8, 4) is 0 Å². The van der Waals surface area contributed by atoms with Gasteiger partial charge in [-0.3, -0.25) is 9.59 Å². The summed E-state index contributed by atoms with van der Waals surface area (Å²) in [5.41, 5.74) is 2.13. The van der Waals surface area contributed by atoms with E-state index in [-0.39, 0.29) is 18.0 Å². The molecule has 3 aromatic rings. The first-order valence-corrected chi connectivity index (χ1v) is 11.2. The molecule has 3 aromatic carbocycles. The number of allylic oxidation sites excluding steroid dienone is 1. The summed E-state index contributed by atoms with van der Waals surface area (Å²) in [6, 6.07) is 24.2. The van der Waals surface area contributed by atoms with Gasteiger partial charge in [-0.2, -0.15) is 0 Å². The van der Waals surface area contributed by atoms with Crippen LogP contribution in [0.15, 0.2) is 84.6 Å². The number of benzene rings is 3. The molecule has 3 N–H and O–H groups in total. The van der Waals surface area contributed by atoms with Crippen molar-refractivity contribution in [2.45, 2.75) is 44.6 Å². The molecule has 5 nitrogen and oxygen atoms in total. The molecule has 5 heteroatoms. The van der Waals surface area contributed by atoms with E-state index in [2.05, 4.69) is 12.1 Å². The molecule has 1 saturated carbocycles. The van der Waals surface area contributed by atoms with Crippen molar-refractivity contribution < 1.29 is 24.9 Å². The van der Waals surface area contributed by atoms with Gasteiger partial charge in [0.05, 0.1) is 23.7 Å². The number of aryl methyl sites for hydroxylation is 1. The third-order valence-corrected chi connectivity index (χ3v) is 5.87. The highest BCUT2D eigenvalue weighted by Gasteiger charge is 2.44. The molecule has 0 saturated heterocycles. The minimum atomic E-state index is -0.843. The quantitative estimate of drug-likeness (QED) is 0.347. The summed E-state index contributed by atoms with van der Waals surface area (Å²) in [6.07, 6.45) is 3.58. The molecule has 3 atom stereocenters. The molecule has 4 rings (SSSR count). The van der Waals surface area contributed by atoms with Crippen LogP contribution in [0.3, 0.4) is 0 Å². The van der Waals surface area contributed by atoms with Crippen LogP contribution in [0.5, 0.6) is 0 Å². The summed E-state index contributed by atoms with van der Waals surface area (Å²) >= 11 is 0. The predicted octanol–water partition coefficient (Wildman–Crippen LogP) is 5.43. The lowest BCUT2D eigenvalue weighted by atomic mass is 9.85. The number of carboxylic acids is 1. The highest BCUT2D eigenvalue weighted by Crippen LogP contribution is 2.41. The number of fused-ring (bicyclic) bond motifs is 1. The summed E-state index contributed by atoms with van der Waals surface area (Å²) in [5.74, 6) is -1.78. The number of hydrogen-bond acceptors (Lipinski definition) is 4. The Kier molecular flexibility index (Phi) is 8.39. The first-order chi connectivity index (χ1) is 15.9. The Morgan fingerprint density at radius 1 is 0.970 bits per heavy atom. The molecule has 0 amide bonds. The second-order valence-electron chi connectivity index (χ2n) is 8.37. The van der Waals surface area contributed by atoms with Gasteiger partial charge in [-0.25, -0.2) is 0 Å². The number of unbranched alkanes of at least 4 members (excludes halogenated alkanes) is 1. The van der Waals surface area contributed by atoms with Crippen LogP contribution in [0.1, 0.15) is 43.2 Å². The fraction of sp³-hybridized carbons (Fsp3) is 0.286. The van der Waals surface area contributed by atoms with E-state index in [0.29, 0.717) is 6.42 Å². The Morgan fingerprint density at radius 2 is 1.61 bits per heavy atom. The molecule has 33 heavy (non-hydrogen) atoms. The van der Waals surface area contributed by atoms with E-state index in [1.165, 1.54) is 5.56 Å². The van der Waals surface area contributed by atoms with E-state index >= 15 is 0 Å². The smallest absolute Gasteiger partial charge is 0.300 e. The lowest BCUT2D eigenvalue weighted by molar-refractivity contribution is -0.134. The van der Waals surface area contributed by atoms with Crippen LogP contribution in [0, 0.1) is 5.92 Å². The fourth-order valence-corrected chi connectivity index (χ4v) is 4.38. The van der Waals surface area contributed by atoms with E-state index in [1.54, 1.807) is 6.08 Å². The number of rotatable bonds is 6. The Labute approximate surface area is 194 Å². The summed E-state index contributed by atoms with van der Waals surface area (Å²) in [6.45, 7) is 1.08. The predicted molar refractivity (Wildman–Crippen MR) is 129 cm³/mol. The Bertz CT molecular complexity index is 1120. The van der Waals surface area contributed by atoms with Gasteiger partial charge in [0.2, 0.25) is 0 Å². The number of Topliss-reactive ketones (excluding diaryl/α,β-unsaturated/α-hetero) is 1. The zero-order valence-electron chi connectivity index (χ0n) is 18.7. The number of carbonyl (C=O) groups is 2. The van der Waals surface area contributed by atoms with E-state index in [9.17, 15) is 15.0 Å². The highest BCUT2D eigenvalue weighted by molar-refractivity contribution is 5.91. The molecular weight excluding hydrogens is 416 g/mol. The number of aliphatic hydroxyl groups excluding tert-OH is 2. The van der Waals surface area contributed by atoms with Crippen molar-refractivity contribution in [2.24, 2.45) is 5.92 Å². The van der Waals surface area contributed by atoms with Crippen LogP contribution in [-0.2, 0) is 16.0 Å². The molecule has 0 spiro atoms.